The number of benzene rings is 1. The topological polar surface area (TPSA) is 48.7 Å². The lowest BCUT2D eigenvalue weighted by molar-refractivity contribution is 0.632. The molecule has 0 radical (unpaired) electrons. The monoisotopic (exact) mass is 271 g/mol. The predicted octanol–water partition coefficient (Wildman–Crippen LogP) is 3.59. The van der Waals surface area contributed by atoms with Gasteiger partial charge >= 0.3 is 0 Å². The second kappa shape index (κ2) is 7.67. The third kappa shape index (κ3) is 4.47. The zero-order valence-electron chi connectivity index (χ0n) is 10.8. The van der Waals surface area contributed by atoms with E-state index >= 15 is 0 Å². The summed E-state index contributed by atoms with van der Waals surface area (Å²) in [7, 11) is 0. The minimum absolute atomic E-state index is 0.653. The van der Waals surface area contributed by atoms with Crippen LogP contribution >= 0.6 is 11.3 Å². The highest BCUT2D eigenvalue weighted by molar-refractivity contribution is 7.15. The van der Waals surface area contributed by atoms with Crippen LogP contribution < -0.4 is 5.32 Å². The molecule has 0 saturated heterocycles. The molecule has 2 rings (SSSR count). The second-order valence-electron chi connectivity index (χ2n) is 4.29. The first-order chi connectivity index (χ1) is 9.40. The largest absolute Gasteiger partial charge is 0.312 e. The van der Waals surface area contributed by atoms with Crippen LogP contribution in [-0.4, -0.2) is 11.5 Å². The van der Waals surface area contributed by atoms with E-state index in [0.29, 0.717) is 6.42 Å². The summed E-state index contributed by atoms with van der Waals surface area (Å²) in [5.74, 6) is 0. The number of nitriles is 1. The molecule has 0 saturated carbocycles. The Kier molecular flexibility index (Phi) is 5.54. The lowest BCUT2D eigenvalue weighted by Crippen LogP contribution is -2.13. The normalized spacial score (nSPS) is 10.3. The first-order valence-corrected chi connectivity index (χ1v) is 7.29. The van der Waals surface area contributed by atoms with Crippen molar-refractivity contribution in [2.45, 2.75) is 25.8 Å². The van der Waals surface area contributed by atoms with E-state index in [0.717, 1.165) is 30.9 Å². The van der Waals surface area contributed by atoms with Crippen molar-refractivity contribution in [2.75, 3.05) is 6.54 Å². The van der Waals surface area contributed by atoms with E-state index in [2.05, 4.69) is 28.5 Å². The van der Waals surface area contributed by atoms with Crippen LogP contribution in [0.15, 0.2) is 36.5 Å². The van der Waals surface area contributed by atoms with Crippen molar-refractivity contribution >= 4 is 11.3 Å². The third-order valence-corrected chi connectivity index (χ3v) is 3.81. The Bertz CT molecular complexity index is 528. The van der Waals surface area contributed by atoms with E-state index in [9.17, 15) is 0 Å². The summed E-state index contributed by atoms with van der Waals surface area (Å²) in [4.78, 5) is 5.70. The molecule has 2 aromatic rings. The molecule has 3 nitrogen and oxygen atoms in total. The van der Waals surface area contributed by atoms with E-state index in [1.807, 2.05) is 24.4 Å². The minimum atomic E-state index is 0.653. The van der Waals surface area contributed by atoms with Crippen LogP contribution in [0, 0.1) is 11.3 Å². The molecule has 0 amide bonds. The lowest BCUT2D eigenvalue weighted by Gasteiger charge is -2.00. The Morgan fingerprint density at radius 1 is 1.21 bits per heavy atom. The molecule has 19 heavy (non-hydrogen) atoms. The summed E-state index contributed by atoms with van der Waals surface area (Å²) >= 11 is 1.73. The Hall–Kier alpha value is -1.70. The quantitative estimate of drug-likeness (QED) is 0.783. The maximum atomic E-state index is 8.43. The molecule has 98 valence electrons. The fraction of sp³-hybridized carbons (Fsp3) is 0.333. The molecule has 0 aliphatic carbocycles. The Morgan fingerprint density at radius 3 is 2.84 bits per heavy atom. The maximum absolute atomic E-state index is 8.43. The number of nitrogens with zero attached hydrogens (tertiary/aromatic N) is 2. The summed E-state index contributed by atoms with van der Waals surface area (Å²) in [6.07, 6.45) is 4.62. The number of rotatable bonds is 7. The van der Waals surface area contributed by atoms with E-state index in [1.165, 1.54) is 10.4 Å². The average molecular weight is 271 g/mol. The number of hydrogen-bond acceptors (Lipinski definition) is 4. The molecule has 1 aromatic carbocycles. The fourth-order valence-corrected chi connectivity index (χ4v) is 2.66. The zero-order chi connectivity index (χ0) is 13.3. The Balaban J connectivity index is 1.77. The molecule has 0 aliphatic rings. The summed E-state index contributed by atoms with van der Waals surface area (Å²) in [6, 6.07) is 12.4. The van der Waals surface area contributed by atoms with Gasteiger partial charge in [0.1, 0.15) is 5.01 Å². The van der Waals surface area contributed by atoms with Gasteiger partial charge in [-0.1, -0.05) is 30.3 Å². The molecular weight excluding hydrogens is 254 g/mol. The van der Waals surface area contributed by atoms with Crippen LogP contribution in [-0.2, 0) is 6.54 Å². The highest BCUT2D eigenvalue weighted by Gasteiger charge is 2.03. The summed E-state index contributed by atoms with van der Waals surface area (Å²) < 4.78 is 0. The van der Waals surface area contributed by atoms with Crippen molar-refractivity contribution in [1.29, 1.82) is 5.26 Å². The second-order valence-corrected chi connectivity index (χ2v) is 5.40. The molecule has 0 bridgehead atoms. The molecule has 4 heteroatoms. The van der Waals surface area contributed by atoms with E-state index in [-0.39, 0.29) is 0 Å². The van der Waals surface area contributed by atoms with Gasteiger partial charge in [0.05, 0.1) is 6.07 Å². The van der Waals surface area contributed by atoms with Gasteiger partial charge in [0, 0.05) is 29.6 Å². The number of thiazole rings is 1. The van der Waals surface area contributed by atoms with Crippen LogP contribution in [0.3, 0.4) is 0 Å². The van der Waals surface area contributed by atoms with Gasteiger partial charge in [0.15, 0.2) is 0 Å². The molecule has 0 unspecified atom stereocenters. The lowest BCUT2D eigenvalue weighted by atomic mass is 10.2. The molecule has 1 heterocycles. The van der Waals surface area contributed by atoms with Gasteiger partial charge in [-0.2, -0.15) is 5.26 Å². The number of nitrogens with one attached hydrogen (secondary N) is 1. The summed E-state index contributed by atoms with van der Waals surface area (Å²) in [5, 5.41) is 12.9. The van der Waals surface area contributed by atoms with Gasteiger partial charge < -0.3 is 5.32 Å². The highest BCUT2D eigenvalue weighted by atomic mass is 32.1. The fourth-order valence-electron chi connectivity index (χ4n) is 1.77. The molecule has 1 aromatic heterocycles. The first kappa shape index (κ1) is 13.7. The van der Waals surface area contributed by atoms with Crippen LogP contribution in [0.1, 0.15) is 24.1 Å². The van der Waals surface area contributed by atoms with Crippen molar-refractivity contribution in [2.24, 2.45) is 0 Å². The SMILES string of the molecule is N#CCCCCNCc1cnc(-c2ccccc2)s1. The predicted molar refractivity (Wildman–Crippen MR) is 78.7 cm³/mol. The van der Waals surface area contributed by atoms with E-state index in [1.54, 1.807) is 11.3 Å². The van der Waals surface area contributed by atoms with Gasteiger partial charge in [-0.25, -0.2) is 4.98 Å². The maximum Gasteiger partial charge on any atom is 0.123 e. The first-order valence-electron chi connectivity index (χ1n) is 6.48. The van der Waals surface area contributed by atoms with Crippen molar-refractivity contribution < 1.29 is 0 Å². The minimum Gasteiger partial charge on any atom is -0.312 e. The summed E-state index contributed by atoms with van der Waals surface area (Å²) in [5.41, 5.74) is 1.17. The summed E-state index contributed by atoms with van der Waals surface area (Å²) in [6.45, 7) is 1.82. The number of unbranched alkanes of at least 4 members (excludes halogenated alkanes) is 2. The molecule has 0 atom stereocenters. The third-order valence-electron chi connectivity index (χ3n) is 2.77. The van der Waals surface area contributed by atoms with E-state index < -0.39 is 0 Å². The van der Waals surface area contributed by atoms with Crippen LogP contribution in [0.25, 0.3) is 10.6 Å². The molecular formula is C15H17N3S. The van der Waals surface area contributed by atoms with Crippen LogP contribution in [0.4, 0.5) is 0 Å². The van der Waals surface area contributed by atoms with Gasteiger partial charge in [-0.15, -0.1) is 11.3 Å². The highest BCUT2D eigenvalue weighted by Crippen LogP contribution is 2.24. The molecule has 0 fully saturated rings. The average Bonchev–Trinajstić information content (AvgIpc) is 2.92. The Labute approximate surface area is 117 Å². The van der Waals surface area contributed by atoms with Crippen LogP contribution in [0.5, 0.6) is 0 Å². The number of aromatic nitrogens is 1. The van der Waals surface area contributed by atoms with Crippen molar-refractivity contribution in [1.82, 2.24) is 10.3 Å². The molecule has 1 N–H and O–H groups in total. The van der Waals surface area contributed by atoms with Gasteiger partial charge in [-0.3, -0.25) is 0 Å². The zero-order valence-corrected chi connectivity index (χ0v) is 11.6. The van der Waals surface area contributed by atoms with Crippen molar-refractivity contribution in [3.8, 4) is 16.6 Å². The van der Waals surface area contributed by atoms with Crippen molar-refractivity contribution in [3.63, 3.8) is 0 Å². The van der Waals surface area contributed by atoms with Gasteiger partial charge in [-0.05, 0) is 19.4 Å². The Morgan fingerprint density at radius 2 is 2.05 bits per heavy atom. The molecule has 0 aliphatic heterocycles. The smallest absolute Gasteiger partial charge is 0.123 e. The number of hydrogen-bond donors (Lipinski definition) is 1. The van der Waals surface area contributed by atoms with Gasteiger partial charge in [0.25, 0.3) is 0 Å². The van der Waals surface area contributed by atoms with E-state index in [4.69, 9.17) is 5.26 Å². The molecule has 0 spiro atoms. The van der Waals surface area contributed by atoms with Gasteiger partial charge in [0.2, 0.25) is 0 Å². The van der Waals surface area contributed by atoms with Crippen LogP contribution in [0.2, 0.25) is 0 Å². The standard InChI is InChI=1S/C15H17N3S/c16-9-5-2-6-10-17-11-14-12-18-15(19-14)13-7-3-1-4-8-13/h1,3-4,7-8,12,17H,2,5-6,10-11H2. The van der Waals surface area contributed by atoms with Crippen molar-refractivity contribution in [3.05, 3.63) is 41.4 Å².